The van der Waals surface area contributed by atoms with Crippen molar-refractivity contribution in [3.63, 3.8) is 0 Å². The number of hydrogen-bond donors (Lipinski definition) is 0. The largest absolute Gasteiger partial charge is 0.454 e. The van der Waals surface area contributed by atoms with Crippen molar-refractivity contribution in [3.8, 4) is 0 Å². The Labute approximate surface area is 137 Å². The van der Waals surface area contributed by atoms with Crippen LogP contribution in [-0.2, 0) is 9.53 Å². The Kier molecular flexibility index (Phi) is 11.1. The summed E-state index contributed by atoms with van der Waals surface area (Å²) >= 11 is 0. The predicted molar refractivity (Wildman–Crippen MR) is 93.9 cm³/mol. The third-order valence-electron chi connectivity index (χ3n) is 4.63. The van der Waals surface area contributed by atoms with Gasteiger partial charge in [0.2, 0.25) is 0 Å². The third-order valence-corrected chi connectivity index (χ3v) is 4.63. The van der Waals surface area contributed by atoms with Gasteiger partial charge in [0.15, 0.2) is 0 Å². The molecule has 128 valence electrons. The highest BCUT2D eigenvalue weighted by atomic mass is 16.6. The van der Waals surface area contributed by atoms with Crippen LogP contribution in [0.3, 0.4) is 0 Å². The molecule has 0 saturated carbocycles. The topological polar surface area (TPSA) is 26.3 Å². The first-order chi connectivity index (χ1) is 10.8. The van der Waals surface area contributed by atoms with E-state index in [9.17, 15) is 4.79 Å². The molecule has 1 atom stereocenters. The van der Waals surface area contributed by atoms with Crippen molar-refractivity contribution in [2.24, 2.45) is 0 Å². The molecular weight excluding hydrogens is 272 g/mol. The molecule has 0 aliphatic carbocycles. The Balaban J connectivity index is 1.76. The molecule has 2 nitrogen and oxygen atoms in total. The number of carbonyl (C=O) groups excluding carboxylic acids is 1. The first-order valence-corrected chi connectivity index (χ1v) is 9.66. The average molecular weight is 309 g/mol. The number of cyclic esters (lactones) is 1. The van der Waals surface area contributed by atoms with Crippen LogP contribution < -0.4 is 0 Å². The summed E-state index contributed by atoms with van der Waals surface area (Å²) in [5.74, 6) is -0.109. The van der Waals surface area contributed by atoms with E-state index in [-0.39, 0.29) is 12.1 Å². The second-order valence-corrected chi connectivity index (χ2v) is 6.74. The van der Waals surface area contributed by atoms with Gasteiger partial charge < -0.3 is 4.74 Å². The zero-order valence-electron chi connectivity index (χ0n) is 14.9. The van der Waals surface area contributed by atoms with E-state index in [0.717, 1.165) is 12.0 Å². The highest BCUT2D eigenvalue weighted by Crippen LogP contribution is 2.21. The maximum absolute atomic E-state index is 11.1. The highest BCUT2D eigenvalue weighted by molar-refractivity contribution is 5.95. The summed E-state index contributed by atoms with van der Waals surface area (Å²) in [4.78, 5) is 11.1. The molecule has 0 bridgehead atoms. The van der Waals surface area contributed by atoms with Crippen LogP contribution >= 0.6 is 0 Å². The van der Waals surface area contributed by atoms with Gasteiger partial charge in [-0.2, -0.15) is 0 Å². The zero-order chi connectivity index (χ0) is 16.0. The van der Waals surface area contributed by atoms with Gasteiger partial charge in [-0.05, 0) is 19.8 Å². The summed E-state index contributed by atoms with van der Waals surface area (Å²) < 4.78 is 4.91. The first kappa shape index (κ1) is 19.3. The molecule has 1 rings (SSSR count). The van der Waals surface area contributed by atoms with E-state index in [1.807, 2.05) is 6.92 Å². The highest BCUT2D eigenvalue weighted by Gasteiger charge is 2.30. The standard InChI is InChI=1S/C20H36O2/c1-3-4-5-6-7-8-9-10-11-12-13-14-15-16-17-19-18(2)22-20(19)21/h17-18H,3-16H2,1-2H3/b19-17+. The molecule has 0 amide bonds. The van der Waals surface area contributed by atoms with Gasteiger partial charge in [0.05, 0.1) is 5.57 Å². The predicted octanol–water partition coefficient (Wildman–Crippen LogP) is 6.34. The minimum atomic E-state index is -0.109. The third kappa shape index (κ3) is 8.60. The van der Waals surface area contributed by atoms with Crippen molar-refractivity contribution < 1.29 is 9.53 Å². The van der Waals surface area contributed by atoms with Crippen molar-refractivity contribution in [1.29, 1.82) is 0 Å². The van der Waals surface area contributed by atoms with Crippen LogP contribution in [0, 0.1) is 0 Å². The number of unbranched alkanes of at least 4 members (excludes halogenated alkanes) is 13. The fourth-order valence-electron chi connectivity index (χ4n) is 3.07. The minimum absolute atomic E-state index is 0.0365. The molecule has 0 radical (unpaired) electrons. The van der Waals surface area contributed by atoms with Crippen molar-refractivity contribution >= 4 is 5.97 Å². The molecule has 1 saturated heterocycles. The smallest absolute Gasteiger partial charge is 0.338 e. The quantitative estimate of drug-likeness (QED) is 0.213. The lowest BCUT2D eigenvalue weighted by molar-refractivity contribution is -0.154. The fourth-order valence-corrected chi connectivity index (χ4v) is 3.07. The maximum Gasteiger partial charge on any atom is 0.338 e. The maximum atomic E-state index is 11.1. The lowest BCUT2D eigenvalue weighted by atomic mass is 10.0. The van der Waals surface area contributed by atoms with E-state index < -0.39 is 0 Å². The fraction of sp³-hybridized carbons (Fsp3) is 0.850. The Hall–Kier alpha value is -0.790. The van der Waals surface area contributed by atoms with Crippen LogP contribution in [0.1, 0.15) is 104 Å². The van der Waals surface area contributed by atoms with Crippen LogP contribution in [0.5, 0.6) is 0 Å². The van der Waals surface area contributed by atoms with Gasteiger partial charge in [-0.3, -0.25) is 0 Å². The number of rotatable bonds is 14. The normalized spacial score (nSPS) is 19.3. The van der Waals surface area contributed by atoms with Gasteiger partial charge in [-0.15, -0.1) is 0 Å². The van der Waals surface area contributed by atoms with Gasteiger partial charge in [0, 0.05) is 0 Å². The van der Waals surface area contributed by atoms with Crippen LogP contribution in [0.4, 0.5) is 0 Å². The number of ether oxygens (including phenoxy) is 1. The first-order valence-electron chi connectivity index (χ1n) is 9.66. The van der Waals surface area contributed by atoms with E-state index in [2.05, 4.69) is 13.0 Å². The molecule has 0 aromatic heterocycles. The molecule has 0 aromatic rings. The van der Waals surface area contributed by atoms with Crippen molar-refractivity contribution in [2.75, 3.05) is 0 Å². The van der Waals surface area contributed by atoms with Crippen molar-refractivity contribution in [1.82, 2.24) is 0 Å². The summed E-state index contributed by atoms with van der Waals surface area (Å²) in [5, 5.41) is 0. The van der Waals surface area contributed by atoms with Gasteiger partial charge in [-0.25, -0.2) is 4.79 Å². The molecule has 1 fully saturated rings. The van der Waals surface area contributed by atoms with Gasteiger partial charge in [-0.1, -0.05) is 90.0 Å². The van der Waals surface area contributed by atoms with Gasteiger partial charge >= 0.3 is 5.97 Å². The number of esters is 1. The average Bonchev–Trinajstić information content (AvgIpc) is 2.51. The Morgan fingerprint density at radius 3 is 1.68 bits per heavy atom. The molecule has 1 aliphatic heterocycles. The number of hydrogen-bond acceptors (Lipinski definition) is 2. The van der Waals surface area contributed by atoms with Crippen molar-refractivity contribution in [2.45, 2.75) is 110 Å². The molecule has 0 spiro atoms. The molecule has 22 heavy (non-hydrogen) atoms. The molecular formula is C20H36O2. The van der Waals surface area contributed by atoms with E-state index in [1.165, 1.54) is 83.5 Å². The summed E-state index contributed by atoms with van der Waals surface area (Å²) in [5.41, 5.74) is 0.888. The van der Waals surface area contributed by atoms with E-state index in [0.29, 0.717) is 0 Å². The molecule has 0 aromatic carbocycles. The van der Waals surface area contributed by atoms with Crippen LogP contribution in [0.15, 0.2) is 11.6 Å². The molecule has 0 N–H and O–H groups in total. The second kappa shape index (κ2) is 12.7. The number of allylic oxidation sites excluding steroid dienone is 1. The molecule has 1 aliphatic rings. The Morgan fingerprint density at radius 1 is 0.818 bits per heavy atom. The molecule has 1 unspecified atom stereocenters. The minimum Gasteiger partial charge on any atom is -0.454 e. The summed E-state index contributed by atoms with van der Waals surface area (Å²) in [6, 6.07) is 0. The lowest BCUT2D eigenvalue weighted by Crippen LogP contribution is -2.33. The Bertz CT molecular complexity index is 320. The summed E-state index contributed by atoms with van der Waals surface area (Å²) in [6.45, 7) is 4.22. The van der Waals surface area contributed by atoms with Crippen LogP contribution in [0.25, 0.3) is 0 Å². The van der Waals surface area contributed by atoms with E-state index >= 15 is 0 Å². The lowest BCUT2D eigenvalue weighted by Gasteiger charge is -2.25. The van der Waals surface area contributed by atoms with Crippen LogP contribution in [-0.4, -0.2) is 12.1 Å². The van der Waals surface area contributed by atoms with Gasteiger partial charge in [0.25, 0.3) is 0 Å². The Morgan fingerprint density at radius 2 is 1.27 bits per heavy atom. The van der Waals surface area contributed by atoms with Crippen LogP contribution in [0.2, 0.25) is 0 Å². The van der Waals surface area contributed by atoms with Crippen molar-refractivity contribution in [3.05, 3.63) is 11.6 Å². The van der Waals surface area contributed by atoms with E-state index in [1.54, 1.807) is 0 Å². The van der Waals surface area contributed by atoms with E-state index in [4.69, 9.17) is 4.74 Å². The molecule has 2 heteroatoms. The molecule has 1 heterocycles. The SMILES string of the molecule is CCCCCCCCCCCCCCC/C=C1/C(=O)OC1C. The number of carbonyl (C=O) groups is 1. The summed E-state index contributed by atoms with van der Waals surface area (Å²) in [6.07, 6.45) is 21.1. The summed E-state index contributed by atoms with van der Waals surface area (Å²) in [7, 11) is 0. The monoisotopic (exact) mass is 308 g/mol. The second-order valence-electron chi connectivity index (χ2n) is 6.74. The van der Waals surface area contributed by atoms with Gasteiger partial charge in [0.1, 0.15) is 6.10 Å². The zero-order valence-corrected chi connectivity index (χ0v) is 14.9.